The lowest BCUT2D eigenvalue weighted by Crippen LogP contribution is -1.97. The quantitative estimate of drug-likeness (QED) is 0.843. The maximum atomic E-state index is 4.34. The predicted octanol–water partition coefficient (Wildman–Crippen LogP) is 2.97. The maximum absolute atomic E-state index is 4.34. The van der Waals surface area contributed by atoms with Gasteiger partial charge in [-0.05, 0) is 26.0 Å². The number of rotatable bonds is 5. The Kier molecular flexibility index (Phi) is 4.33. The lowest BCUT2D eigenvalue weighted by Gasteiger charge is -2.04. The molecule has 0 aliphatic carbocycles. The normalized spacial score (nSPS) is 10.5. The lowest BCUT2D eigenvalue weighted by atomic mass is 10.3. The molecule has 4 nitrogen and oxygen atoms in total. The molecule has 0 amide bonds. The van der Waals surface area contributed by atoms with Crippen molar-refractivity contribution in [1.29, 1.82) is 0 Å². The highest BCUT2D eigenvalue weighted by Gasteiger charge is 2.03. The molecule has 0 spiro atoms. The summed E-state index contributed by atoms with van der Waals surface area (Å²) in [4.78, 5) is 4.34. The van der Waals surface area contributed by atoms with Crippen LogP contribution in [0, 0.1) is 6.92 Å². The molecular weight excluding hydrogens is 252 g/mol. The maximum Gasteiger partial charge on any atom is 0.174 e. The third-order valence-corrected chi connectivity index (χ3v) is 4.05. The zero-order valence-corrected chi connectivity index (χ0v) is 11.4. The third kappa shape index (κ3) is 3.67. The zero-order chi connectivity index (χ0) is 12.1. The second-order valence-electron chi connectivity index (χ2n) is 3.44. The first kappa shape index (κ1) is 12.3. The van der Waals surface area contributed by atoms with Crippen LogP contribution in [0.3, 0.4) is 0 Å². The SMILES string of the molecule is CCNc1ccnc(CSc2nnc(C)s2)c1. The molecule has 2 aromatic rings. The van der Waals surface area contributed by atoms with Crippen molar-refractivity contribution in [2.45, 2.75) is 23.9 Å². The Labute approximate surface area is 109 Å². The van der Waals surface area contributed by atoms with Gasteiger partial charge in [-0.15, -0.1) is 10.2 Å². The summed E-state index contributed by atoms with van der Waals surface area (Å²) < 4.78 is 0.998. The number of hydrogen-bond acceptors (Lipinski definition) is 6. The van der Waals surface area contributed by atoms with Crippen LogP contribution in [0.2, 0.25) is 0 Å². The summed E-state index contributed by atoms with van der Waals surface area (Å²) in [6.07, 6.45) is 1.83. The van der Waals surface area contributed by atoms with Crippen LogP contribution < -0.4 is 5.32 Å². The Morgan fingerprint density at radius 1 is 1.41 bits per heavy atom. The van der Waals surface area contributed by atoms with E-state index < -0.39 is 0 Å². The van der Waals surface area contributed by atoms with Crippen molar-refractivity contribution in [1.82, 2.24) is 15.2 Å². The molecule has 2 heterocycles. The smallest absolute Gasteiger partial charge is 0.174 e. The second kappa shape index (κ2) is 5.97. The molecule has 0 aliphatic rings. The van der Waals surface area contributed by atoms with Crippen LogP contribution in [-0.2, 0) is 5.75 Å². The van der Waals surface area contributed by atoms with E-state index in [1.54, 1.807) is 23.1 Å². The van der Waals surface area contributed by atoms with Crippen molar-refractivity contribution in [2.24, 2.45) is 0 Å². The Hall–Kier alpha value is -1.14. The Morgan fingerprint density at radius 3 is 3.00 bits per heavy atom. The molecule has 0 saturated carbocycles. The summed E-state index contributed by atoms with van der Waals surface area (Å²) in [6, 6.07) is 4.05. The molecule has 0 atom stereocenters. The molecule has 0 aliphatic heterocycles. The fourth-order valence-corrected chi connectivity index (χ4v) is 3.06. The molecule has 1 N–H and O–H groups in total. The summed E-state index contributed by atoms with van der Waals surface area (Å²) in [6.45, 7) is 4.97. The van der Waals surface area contributed by atoms with Gasteiger partial charge < -0.3 is 5.32 Å². The van der Waals surface area contributed by atoms with Crippen molar-refractivity contribution < 1.29 is 0 Å². The number of pyridine rings is 1. The largest absolute Gasteiger partial charge is 0.385 e. The number of aromatic nitrogens is 3. The van der Waals surface area contributed by atoms with Crippen LogP contribution in [0.5, 0.6) is 0 Å². The van der Waals surface area contributed by atoms with Crippen molar-refractivity contribution in [3.05, 3.63) is 29.0 Å². The van der Waals surface area contributed by atoms with Crippen LogP contribution in [0.25, 0.3) is 0 Å². The fourth-order valence-electron chi connectivity index (χ4n) is 1.34. The number of nitrogens with one attached hydrogen (secondary N) is 1. The van der Waals surface area contributed by atoms with Gasteiger partial charge in [-0.2, -0.15) is 0 Å². The van der Waals surface area contributed by atoms with Crippen molar-refractivity contribution in [3.8, 4) is 0 Å². The first-order chi connectivity index (χ1) is 8.28. The van der Waals surface area contributed by atoms with Gasteiger partial charge in [0.2, 0.25) is 0 Å². The number of hydrogen-bond donors (Lipinski definition) is 1. The average Bonchev–Trinajstić information content (AvgIpc) is 2.74. The highest BCUT2D eigenvalue weighted by Crippen LogP contribution is 2.25. The highest BCUT2D eigenvalue weighted by atomic mass is 32.2. The minimum Gasteiger partial charge on any atom is -0.385 e. The first-order valence-corrected chi connectivity index (χ1v) is 7.20. The highest BCUT2D eigenvalue weighted by molar-refractivity contribution is 8.00. The molecule has 0 aromatic carbocycles. The van der Waals surface area contributed by atoms with E-state index in [4.69, 9.17) is 0 Å². The fraction of sp³-hybridized carbons (Fsp3) is 0.364. The van der Waals surface area contributed by atoms with E-state index in [9.17, 15) is 0 Å². The van der Waals surface area contributed by atoms with E-state index >= 15 is 0 Å². The molecule has 0 bridgehead atoms. The van der Waals surface area contributed by atoms with E-state index in [1.807, 2.05) is 19.2 Å². The summed E-state index contributed by atoms with van der Waals surface area (Å²) in [5.74, 6) is 0.827. The molecule has 17 heavy (non-hydrogen) atoms. The van der Waals surface area contributed by atoms with Crippen LogP contribution in [0.15, 0.2) is 22.7 Å². The van der Waals surface area contributed by atoms with Gasteiger partial charge in [0.1, 0.15) is 5.01 Å². The molecule has 2 rings (SSSR count). The van der Waals surface area contributed by atoms with Gasteiger partial charge in [-0.3, -0.25) is 4.98 Å². The van der Waals surface area contributed by atoms with E-state index in [1.165, 1.54) is 0 Å². The zero-order valence-electron chi connectivity index (χ0n) is 9.80. The van der Waals surface area contributed by atoms with E-state index in [0.29, 0.717) is 0 Å². The number of anilines is 1. The van der Waals surface area contributed by atoms with Crippen LogP contribution >= 0.6 is 23.1 Å². The molecule has 0 fully saturated rings. The topological polar surface area (TPSA) is 50.7 Å². The van der Waals surface area contributed by atoms with Gasteiger partial charge in [0.05, 0.1) is 5.69 Å². The molecule has 0 radical (unpaired) electrons. The van der Waals surface area contributed by atoms with Gasteiger partial charge >= 0.3 is 0 Å². The minimum absolute atomic E-state index is 0.827. The Morgan fingerprint density at radius 2 is 2.29 bits per heavy atom. The summed E-state index contributed by atoms with van der Waals surface area (Å²) in [5.41, 5.74) is 2.17. The van der Waals surface area contributed by atoms with Crippen LogP contribution in [0.4, 0.5) is 5.69 Å². The Balaban J connectivity index is 1.96. The summed E-state index contributed by atoms with van der Waals surface area (Å²) >= 11 is 3.29. The van der Waals surface area contributed by atoms with Gasteiger partial charge in [-0.25, -0.2) is 0 Å². The lowest BCUT2D eigenvalue weighted by molar-refractivity contribution is 0.983. The van der Waals surface area contributed by atoms with Crippen molar-refractivity contribution in [3.63, 3.8) is 0 Å². The number of aryl methyl sites for hydroxylation is 1. The molecule has 90 valence electrons. The number of thioether (sulfide) groups is 1. The predicted molar refractivity (Wildman–Crippen MR) is 72.6 cm³/mol. The second-order valence-corrected chi connectivity index (χ2v) is 5.85. The third-order valence-electron chi connectivity index (χ3n) is 2.05. The van der Waals surface area contributed by atoms with Gasteiger partial charge in [0.25, 0.3) is 0 Å². The molecule has 0 unspecified atom stereocenters. The van der Waals surface area contributed by atoms with Gasteiger partial charge in [0.15, 0.2) is 4.34 Å². The Bertz CT molecular complexity index is 484. The standard InChI is InChI=1S/C11H14N4S2/c1-3-12-9-4-5-13-10(6-9)7-16-11-15-14-8(2)17-11/h4-6H,3,7H2,1-2H3,(H,12,13). The molecule has 0 saturated heterocycles. The van der Waals surface area contributed by atoms with E-state index in [0.717, 1.165) is 33.0 Å². The minimum atomic E-state index is 0.827. The van der Waals surface area contributed by atoms with Crippen molar-refractivity contribution in [2.75, 3.05) is 11.9 Å². The first-order valence-electron chi connectivity index (χ1n) is 5.39. The van der Waals surface area contributed by atoms with Gasteiger partial charge in [-0.1, -0.05) is 23.1 Å². The van der Waals surface area contributed by atoms with Crippen LogP contribution in [0.1, 0.15) is 17.6 Å². The van der Waals surface area contributed by atoms with Crippen LogP contribution in [-0.4, -0.2) is 21.7 Å². The van der Waals surface area contributed by atoms with Crippen molar-refractivity contribution >= 4 is 28.8 Å². The molecular formula is C11H14N4S2. The summed E-state index contributed by atoms with van der Waals surface area (Å²) in [5, 5.41) is 12.3. The molecule has 6 heteroatoms. The average molecular weight is 266 g/mol. The van der Waals surface area contributed by atoms with E-state index in [2.05, 4.69) is 33.5 Å². The number of nitrogens with zero attached hydrogens (tertiary/aromatic N) is 3. The monoisotopic (exact) mass is 266 g/mol. The molecule has 2 aromatic heterocycles. The van der Waals surface area contributed by atoms with E-state index in [-0.39, 0.29) is 0 Å². The summed E-state index contributed by atoms with van der Waals surface area (Å²) in [7, 11) is 0. The van der Waals surface area contributed by atoms with Gasteiger partial charge in [0, 0.05) is 24.2 Å².